The van der Waals surface area contributed by atoms with Gasteiger partial charge in [0, 0.05) is 0 Å². The maximum atomic E-state index is 5.53. The third kappa shape index (κ3) is 6.38. The summed E-state index contributed by atoms with van der Waals surface area (Å²) < 4.78 is 6.48. The van der Waals surface area contributed by atoms with Crippen molar-refractivity contribution in [3.05, 3.63) is 42.0 Å². The van der Waals surface area contributed by atoms with Crippen molar-refractivity contribution in [1.82, 2.24) is 0 Å². The summed E-state index contributed by atoms with van der Waals surface area (Å²) in [6.07, 6.45) is 4.15. The largest absolute Gasteiger partial charge is 0.372 e. The summed E-state index contributed by atoms with van der Waals surface area (Å²) in [6.45, 7) is 2.54. The average molecular weight is 220 g/mol. The Labute approximate surface area is 98.7 Å². The van der Waals surface area contributed by atoms with Gasteiger partial charge in [0.2, 0.25) is 0 Å². The second kappa shape index (κ2) is 6.46. The first-order valence-corrected chi connectivity index (χ1v) is 5.68. The number of nitrogens with zero attached hydrogens (tertiary/aromatic N) is 1. The van der Waals surface area contributed by atoms with Gasteiger partial charge < -0.3 is 9.22 Å². The van der Waals surface area contributed by atoms with Crippen LogP contribution in [0, 0.1) is 0 Å². The zero-order valence-corrected chi connectivity index (χ0v) is 10.5. The van der Waals surface area contributed by atoms with Crippen LogP contribution in [0.5, 0.6) is 0 Å². The Morgan fingerprint density at radius 1 is 1.12 bits per heavy atom. The van der Waals surface area contributed by atoms with Crippen LogP contribution in [-0.2, 0) is 4.74 Å². The Kier molecular flexibility index (Phi) is 5.23. The quantitative estimate of drug-likeness (QED) is 0.528. The van der Waals surface area contributed by atoms with Crippen LogP contribution in [0.3, 0.4) is 0 Å². The van der Waals surface area contributed by atoms with Gasteiger partial charge in [0.05, 0.1) is 34.4 Å². The van der Waals surface area contributed by atoms with E-state index in [1.54, 1.807) is 0 Å². The van der Waals surface area contributed by atoms with Crippen molar-refractivity contribution in [3.63, 3.8) is 0 Å². The molecule has 0 spiro atoms. The molecule has 0 saturated heterocycles. The van der Waals surface area contributed by atoms with E-state index in [1.165, 1.54) is 5.56 Å². The molecule has 1 aromatic carbocycles. The molecule has 0 atom stereocenters. The van der Waals surface area contributed by atoms with E-state index in [2.05, 4.69) is 45.4 Å². The van der Waals surface area contributed by atoms with E-state index in [1.807, 2.05) is 18.2 Å². The molecule has 88 valence electrons. The smallest absolute Gasteiger partial charge is 0.102 e. The van der Waals surface area contributed by atoms with Crippen LogP contribution in [0.2, 0.25) is 0 Å². The van der Waals surface area contributed by atoms with Crippen molar-refractivity contribution < 1.29 is 9.22 Å². The summed E-state index contributed by atoms with van der Waals surface area (Å²) >= 11 is 0. The summed E-state index contributed by atoms with van der Waals surface area (Å²) in [7, 11) is 6.51. The number of likely N-dealkylation sites (N-methyl/N-ethyl adjacent to an activating group) is 1. The molecule has 0 radical (unpaired) electrons. The lowest BCUT2D eigenvalue weighted by Gasteiger charge is -2.23. The molecule has 1 rings (SSSR count). The van der Waals surface area contributed by atoms with E-state index in [0.717, 1.165) is 17.6 Å². The molecule has 1 aromatic rings. The van der Waals surface area contributed by atoms with Gasteiger partial charge in [-0.15, -0.1) is 0 Å². The predicted molar refractivity (Wildman–Crippen MR) is 69.2 cm³/mol. The molecule has 0 fully saturated rings. The molecular weight excluding hydrogens is 198 g/mol. The van der Waals surface area contributed by atoms with Crippen LogP contribution in [0.1, 0.15) is 5.56 Å². The number of rotatable bonds is 6. The van der Waals surface area contributed by atoms with E-state index < -0.39 is 0 Å². The highest BCUT2D eigenvalue weighted by atomic mass is 16.5. The van der Waals surface area contributed by atoms with Gasteiger partial charge in [0.25, 0.3) is 0 Å². The molecule has 2 heteroatoms. The fourth-order valence-electron chi connectivity index (χ4n) is 1.24. The van der Waals surface area contributed by atoms with Gasteiger partial charge in [-0.1, -0.05) is 42.5 Å². The zero-order chi connectivity index (χ0) is 11.9. The Morgan fingerprint density at radius 2 is 1.81 bits per heavy atom. The van der Waals surface area contributed by atoms with Crippen molar-refractivity contribution >= 4 is 6.08 Å². The highest BCUT2D eigenvalue weighted by Gasteiger charge is 2.04. The lowest BCUT2D eigenvalue weighted by Crippen LogP contribution is -2.37. The maximum absolute atomic E-state index is 5.53. The van der Waals surface area contributed by atoms with Crippen LogP contribution in [-0.4, -0.2) is 45.4 Å². The van der Waals surface area contributed by atoms with Crippen LogP contribution in [0.15, 0.2) is 36.4 Å². The number of benzene rings is 1. The minimum Gasteiger partial charge on any atom is -0.372 e. The molecule has 16 heavy (non-hydrogen) atoms. The lowest BCUT2D eigenvalue weighted by molar-refractivity contribution is -0.870. The summed E-state index contributed by atoms with van der Waals surface area (Å²) in [6, 6.07) is 10.3. The van der Waals surface area contributed by atoms with Gasteiger partial charge >= 0.3 is 0 Å². The fourth-order valence-corrected chi connectivity index (χ4v) is 1.24. The number of quaternary nitrogens is 1. The lowest BCUT2D eigenvalue weighted by atomic mass is 10.2. The zero-order valence-electron chi connectivity index (χ0n) is 10.5. The first-order chi connectivity index (χ1) is 7.58. The second-order valence-electron chi connectivity index (χ2n) is 4.90. The van der Waals surface area contributed by atoms with Crippen molar-refractivity contribution in [1.29, 1.82) is 0 Å². The van der Waals surface area contributed by atoms with Gasteiger partial charge in [-0.05, 0) is 5.56 Å². The molecule has 0 aliphatic rings. The monoisotopic (exact) mass is 220 g/mol. The van der Waals surface area contributed by atoms with Crippen molar-refractivity contribution in [2.24, 2.45) is 0 Å². The van der Waals surface area contributed by atoms with E-state index >= 15 is 0 Å². The third-order valence-corrected chi connectivity index (χ3v) is 2.23. The van der Waals surface area contributed by atoms with Gasteiger partial charge in [0.1, 0.15) is 6.54 Å². The molecule has 0 heterocycles. The first kappa shape index (κ1) is 12.9. The fraction of sp³-hybridized carbons (Fsp3) is 0.429. The normalized spacial score (nSPS) is 12.2. The number of hydrogen-bond acceptors (Lipinski definition) is 1. The summed E-state index contributed by atoms with van der Waals surface area (Å²) in [5, 5.41) is 0. The average Bonchev–Trinajstić information content (AvgIpc) is 2.23. The van der Waals surface area contributed by atoms with E-state index in [9.17, 15) is 0 Å². The van der Waals surface area contributed by atoms with E-state index in [4.69, 9.17) is 4.74 Å². The molecule has 0 saturated carbocycles. The standard InChI is InChI=1S/C14H22NO/c1-15(2,3)11-13-16-12-7-10-14-8-5-4-6-9-14/h4-10H,11-13H2,1-3H3/q+1/b10-7+. The molecule has 0 unspecified atom stereocenters. The molecule has 0 aromatic heterocycles. The van der Waals surface area contributed by atoms with Gasteiger partial charge in [0.15, 0.2) is 0 Å². The van der Waals surface area contributed by atoms with Crippen molar-refractivity contribution in [2.45, 2.75) is 0 Å². The summed E-state index contributed by atoms with van der Waals surface area (Å²) in [5.41, 5.74) is 1.22. The minimum atomic E-state index is 0.689. The van der Waals surface area contributed by atoms with Gasteiger partial charge in [-0.25, -0.2) is 0 Å². The Bertz CT molecular complexity index is 311. The van der Waals surface area contributed by atoms with Crippen LogP contribution >= 0.6 is 0 Å². The minimum absolute atomic E-state index is 0.689. The van der Waals surface area contributed by atoms with Crippen LogP contribution in [0.25, 0.3) is 6.08 Å². The highest BCUT2D eigenvalue weighted by Crippen LogP contribution is 2.00. The predicted octanol–water partition coefficient (Wildman–Crippen LogP) is 2.42. The SMILES string of the molecule is C[N+](C)(C)CCOC/C=C/c1ccccc1. The topological polar surface area (TPSA) is 9.23 Å². The molecule has 0 aliphatic heterocycles. The Balaban J connectivity index is 2.14. The molecule has 0 amide bonds. The molecular formula is C14H22NO+. The maximum Gasteiger partial charge on any atom is 0.102 e. The van der Waals surface area contributed by atoms with Crippen LogP contribution < -0.4 is 0 Å². The molecule has 0 aliphatic carbocycles. The molecule has 0 N–H and O–H groups in total. The summed E-state index contributed by atoms with van der Waals surface area (Å²) in [5.74, 6) is 0. The third-order valence-electron chi connectivity index (χ3n) is 2.23. The highest BCUT2D eigenvalue weighted by molar-refractivity contribution is 5.48. The Morgan fingerprint density at radius 3 is 2.44 bits per heavy atom. The van der Waals surface area contributed by atoms with E-state index in [-0.39, 0.29) is 0 Å². The van der Waals surface area contributed by atoms with Crippen molar-refractivity contribution in [3.8, 4) is 0 Å². The van der Waals surface area contributed by atoms with Crippen LogP contribution in [0.4, 0.5) is 0 Å². The van der Waals surface area contributed by atoms with Gasteiger partial charge in [-0.2, -0.15) is 0 Å². The van der Waals surface area contributed by atoms with Gasteiger partial charge in [-0.3, -0.25) is 0 Å². The molecule has 2 nitrogen and oxygen atoms in total. The summed E-state index contributed by atoms with van der Waals surface area (Å²) in [4.78, 5) is 0. The van der Waals surface area contributed by atoms with E-state index in [0.29, 0.717) is 6.61 Å². The number of ether oxygens (including phenoxy) is 1. The number of hydrogen-bond donors (Lipinski definition) is 0. The molecule has 0 bridgehead atoms. The first-order valence-electron chi connectivity index (χ1n) is 5.68. The van der Waals surface area contributed by atoms with Crippen molar-refractivity contribution in [2.75, 3.05) is 40.9 Å². The Hall–Kier alpha value is -1.12. The second-order valence-corrected chi connectivity index (χ2v) is 4.90.